The summed E-state index contributed by atoms with van der Waals surface area (Å²) in [7, 11) is 0. The lowest BCUT2D eigenvalue weighted by atomic mass is 10.1. The fraction of sp³-hybridized carbons (Fsp3) is 0.294. The highest BCUT2D eigenvalue weighted by atomic mass is 16.1. The number of aromatic nitrogens is 1. The number of hydrogen-bond donors (Lipinski definition) is 2. The van der Waals surface area contributed by atoms with Crippen LogP contribution in [0.2, 0.25) is 0 Å². The molecule has 0 aliphatic rings. The van der Waals surface area contributed by atoms with Gasteiger partial charge in [-0.15, -0.1) is 0 Å². The van der Waals surface area contributed by atoms with E-state index in [0.29, 0.717) is 6.54 Å². The highest BCUT2D eigenvalue weighted by molar-refractivity contribution is 5.96. The summed E-state index contributed by atoms with van der Waals surface area (Å²) >= 11 is 0. The summed E-state index contributed by atoms with van der Waals surface area (Å²) in [5.41, 5.74) is 3.80. The molecule has 0 radical (unpaired) electrons. The minimum absolute atomic E-state index is 0.0266. The zero-order chi connectivity index (χ0) is 15.2. The van der Waals surface area contributed by atoms with Crippen LogP contribution in [0.15, 0.2) is 42.7 Å². The fourth-order valence-corrected chi connectivity index (χ4v) is 2.08. The molecule has 0 saturated heterocycles. The number of hydrogen-bond acceptors (Lipinski definition) is 3. The lowest BCUT2D eigenvalue weighted by Gasteiger charge is -2.12. The maximum absolute atomic E-state index is 12.0. The second-order valence-corrected chi connectivity index (χ2v) is 5.37. The third kappa shape index (κ3) is 4.31. The molecule has 1 heterocycles. The minimum atomic E-state index is -0.0266. The van der Waals surface area contributed by atoms with E-state index < -0.39 is 0 Å². The van der Waals surface area contributed by atoms with E-state index in [9.17, 15) is 4.79 Å². The first kappa shape index (κ1) is 15.0. The number of aryl methyl sites for hydroxylation is 1. The lowest BCUT2D eigenvalue weighted by molar-refractivity contribution is 0.0942. The predicted octanol–water partition coefficient (Wildman–Crippen LogP) is 3.14. The SMILES string of the molecule is Cc1cc(NCc2cccnc2)ccc1C(=O)NC(C)C. The van der Waals surface area contributed by atoms with E-state index in [0.717, 1.165) is 22.4 Å². The van der Waals surface area contributed by atoms with Crippen molar-refractivity contribution >= 4 is 11.6 Å². The van der Waals surface area contributed by atoms with Gasteiger partial charge in [-0.05, 0) is 56.2 Å². The summed E-state index contributed by atoms with van der Waals surface area (Å²) < 4.78 is 0. The second kappa shape index (κ2) is 6.88. The Kier molecular flexibility index (Phi) is 4.93. The van der Waals surface area contributed by atoms with Gasteiger partial charge < -0.3 is 10.6 Å². The standard InChI is InChI=1S/C17H21N3O/c1-12(2)20-17(21)16-7-6-15(9-13(16)3)19-11-14-5-4-8-18-10-14/h4-10,12,19H,11H2,1-3H3,(H,20,21). The Morgan fingerprint density at radius 3 is 2.71 bits per heavy atom. The van der Waals surface area contributed by atoms with Gasteiger partial charge in [0.15, 0.2) is 0 Å². The van der Waals surface area contributed by atoms with E-state index in [2.05, 4.69) is 15.6 Å². The monoisotopic (exact) mass is 283 g/mol. The van der Waals surface area contributed by atoms with Crippen molar-refractivity contribution in [1.29, 1.82) is 0 Å². The molecule has 2 rings (SSSR count). The summed E-state index contributed by atoms with van der Waals surface area (Å²) in [6, 6.07) is 9.86. The molecule has 1 amide bonds. The predicted molar refractivity (Wildman–Crippen MR) is 85.3 cm³/mol. The van der Waals surface area contributed by atoms with Crippen LogP contribution in [0.1, 0.15) is 35.3 Å². The van der Waals surface area contributed by atoms with Gasteiger partial charge in [0.05, 0.1) is 0 Å². The Morgan fingerprint density at radius 2 is 2.10 bits per heavy atom. The molecule has 2 N–H and O–H groups in total. The smallest absolute Gasteiger partial charge is 0.251 e. The molecule has 0 spiro atoms. The molecule has 0 aliphatic carbocycles. The summed E-state index contributed by atoms with van der Waals surface area (Å²) in [5, 5.41) is 6.25. The number of pyridine rings is 1. The lowest BCUT2D eigenvalue weighted by Crippen LogP contribution is -2.30. The van der Waals surface area contributed by atoms with Crippen LogP contribution in [0.5, 0.6) is 0 Å². The number of carbonyl (C=O) groups excluding carboxylic acids is 1. The Hall–Kier alpha value is -2.36. The van der Waals surface area contributed by atoms with Gasteiger partial charge in [-0.3, -0.25) is 9.78 Å². The summed E-state index contributed by atoms with van der Waals surface area (Å²) in [4.78, 5) is 16.1. The number of benzene rings is 1. The fourth-order valence-electron chi connectivity index (χ4n) is 2.08. The molecular formula is C17H21N3O. The number of nitrogens with zero attached hydrogens (tertiary/aromatic N) is 1. The van der Waals surface area contributed by atoms with E-state index in [1.54, 1.807) is 6.20 Å². The molecule has 0 saturated carbocycles. The van der Waals surface area contributed by atoms with Crippen LogP contribution in [-0.2, 0) is 6.54 Å². The van der Waals surface area contributed by atoms with Crippen molar-refractivity contribution in [3.8, 4) is 0 Å². The van der Waals surface area contributed by atoms with Crippen molar-refractivity contribution in [3.63, 3.8) is 0 Å². The van der Waals surface area contributed by atoms with Crippen LogP contribution in [0.4, 0.5) is 5.69 Å². The topological polar surface area (TPSA) is 54.0 Å². The molecule has 0 atom stereocenters. The van der Waals surface area contributed by atoms with Gasteiger partial charge in [-0.2, -0.15) is 0 Å². The van der Waals surface area contributed by atoms with Gasteiger partial charge in [-0.25, -0.2) is 0 Å². The van der Waals surface area contributed by atoms with Gasteiger partial charge in [0.2, 0.25) is 0 Å². The Morgan fingerprint density at radius 1 is 1.29 bits per heavy atom. The number of nitrogens with one attached hydrogen (secondary N) is 2. The molecule has 21 heavy (non-hydrogen) atoms. The number of amides is 1. The van der Waals surface area contributed by atoms with E-state index in [1.165, 1.54) is 0 Å². The van der Waals surface area contributed by atoms with Crippen molar-refractivity contribution in [2.24, 2.45) is 0 Å². The maximum atomic E-state index is 12.0. The Bertz CT molecular complexity index is 609. The second-order valence-electron chi connectivity index (χ2n) is 5.37. The molecule has 1 aromatic carbocycles. The van der Waals surface area contributed by atoms with Crippen molar-refractivity contribution in [3.05, 3.63) is 59.4 Å². The van der Waals surface area contributed by atoms with E-state index >= 15 is 0 Å². The molecule has 0 fully saturated rings. The van der Waals surface area contributed by atoms with E-state index in [1.807, 2.05) is 57.3 Å². The van der Waals surface area contributed by atoms with Crippen LogP contribution < -0.4 is 10.6 Å². The Balaban J connectivity index is 2.03. The number of carbonyl (C=O) groups is 1. The number of rotatable bonds is 5. The summed E-state index contributed by atoms with van der Waals surface area (Å²) in [6.07, 6.45) is 3.60. The van der Waals surface area contributed by atoms with Crippen molar-refractivity contribution < 1.29 is 4.79 Å². The zero-order valence-corrected chi connectivity index (χ0v) is 12.7. The first-order chi connectivity index (χ1) is 10.1. The first-order valence-corrected chi connectivity index (χ1v) is 7.10. The zero-order valence-electron chi connectivity index (χ0n) is 12.7. The highest BCUT2D eigenvalue weighted by Crippen LogP contribution is 2.16. The molecule has 4 heteroatoms. The van der Waals surface area contributed by atoms with Crippen LogP contribution in [0.25, 0.3) is 0 Å². The largest absolute Gasteiger partial charge is 0.381 e. The third-order valence-corrected chi connectivity index (χ3v) is 3.11. The van der Waals surface area contributed by atoms with Crippen molar-refractivity contribution in [2.45, 2.75) is 33.4 Å². The van der Waals surface area contributed by atoms with Crippen LogP contribution >= 0.6 is 0 Å². The Labute approximate surface area is 125 Å². The van der Waals surface area contributed by atoms with Gasteiger partial charge >= 0.3 is 0 Å². The average molecular weight is 283 g/mol. The quantitative estimate of drug-likeness (QED) is 0.886. The highest BCUT2D eigenvalue weighted by Gasteiger charge is 2.10. The summed E-state index contributed by atoms with van der Waals surface area (Å²) in [6.45, 7) is 6.57. The van der Waals surface area contributed by atoms with Crippen LogP contribution in [-0.4, -0.2) is 16.9 Å². The van der Waals surface area contributed by atoms with Crippen molar-refractivity contribution in [1.82, 2.24) is 10.3 Å². The van der Waals surface area contributed by atoms with Crippen LogP contribution in [0, 0.1) is 6.92 Å². The minimum Gasteiger partial charge on any atom is -0.381 e. The molecule has 0 unspecified atom stereocenters. The average Bonchev–Trinajstić information content (AvgIpc) is 2.45. The van der Waals surface area contributed by atoms with Crippen LogP contribution in [0.3, 0.4) is 0 Å². The molecule has 0 bridgehead atoms. The maximum Gasteiger partial charge on any atom is 0.251 e. The van der Waals surface area contributed by atoms with Gasteiger partial charge in [0, 0.05) is 36.2 Å². The van der Waals surface area contributed by atoms with Gasteiger partial charge in [0.25, 0.3) is 5.91 Å². The molecular weight excluding hydrogens is 262 g/mol. The molecule has 2 aromatic rings. The third-order valence-electron chi connectivity index (χ3n) is 3.11. The molecule has 110 valence electrons. The first-order valence-electron chi connectivity index (χ1n) is 7.10. The molecule has 1 aromatic heterocycles. The van der Waals surface area contributed by atoms with E-state index in [4.69, 9.17) is 0 Å². The normalized spacial score (nSPS) is 10.5. The van der Waals surface area contributed by atoms with Gasteiger partial charge in [0.1, 0.15) is 0 Å². The van der Waals surface area contributed by atoms with E-state index in [-0.39, 0.29) is 11.9 Å². The van der Waals surface area contributed by atoms with Crippen molar-refractivity contribution in [2.75, 3.05) is 5.32 Å². The molecule has 0 aliphatic heterocycles. The summed E-state index contributed by atoms with van der Waals surface area (Å²) in [5.74, 6) is -0.0266. The van der Waals surface area contributed by atoms with Gasteiger partial charge in [-0.1, -0.05) is 6.07 Å². The molecule has 4 nitrogen and oxygen atoms in total. The number of anilines is 1.